The maximum atomic E-state index is 14.5. The summed E-state index contributed by atoms with van der Waals surface area (Å²) in [5, 5.41) is 5.63. The molecule has 294 valence electrons. The number of rotatable bonds is 13. The maximum Gasteiger partial charge on any atom is 0.417 e. The summed E-state index contributed by atoms with van der Waals surface area (Å²) in [5.74, 6) is -3.80. The van der Waals surface area contributed by atoms with Gasteiger partial charge in [0.05, 0.1) is 29.0 Å². The molecule has 0 spiro atoms. The first kappa shape index (κ1) is 42.4. The number of aliphatic imine (C=N–C) groups is 1. The number of carbonyl (C=O) groups excluding carboxylic acids is 1. The number of nitrogens with one attached hydrogen (secondary N) is 1. The molecule has 0 aliphatic heterocycles. The van der Waals surface area contributed by atoms with E-state index in [0.29, 0.717) is 17.4 Å². The number of aryl methyl sites for hydroxylation is 2. The van der Waals surface area contributed by atoms with Gasteiger partial charge in [-0.25, -0.2) is 13.8 Å². The Morgan fingerprint density at radius 1 is 1.00 bits per heavy atom. The summed E-state index contributed by atoms with van der Waals surface area (Å²) in [4.78, 5) is 23.9. The molecule has 8 nitrogen and oxygen atoms in total. The van der Waals surface area contributed by atoms with Gasteiger partial charge in [-0.05, 0) is 98.7 Å². The molecule has 0 bridgehead atoms. The van der Waals surface area contributed by atoms with Crippen molar-refractivity contribution in [2.45, 2.75) is 52.8 Å². The van der Waals surface area contributed by atoms with Gasteiger partial charge in [0, 0.05) is 13.6 Å². The Bertz CT molecular complexity index is 1990. The molecule has 1 saturated carbocycles. The van der Waals surface area contributed by atoms with E-state index in [1.54, 1.807) is 42.7 Å². The largest absolute Gasteiger partial charge is 0.457 e. The first-order valence-electron chi connectivity index (χ1n) is 16.9. The van der Waals surface area contributed by atoms with E-state index < -0.39 is 53.0 Å². The van der Waals surface area contributed by atoms with Crippen LogP contribution in [0, 0.1) is 31.4 Å². The Morgan fingerprint density at radius 3 is 2.35 bits per heavy atom. The Balaban J connectivity index is 0.000000246. The Labute approximate surface area is 318 Å². The topological polar surface area (TPSA) is 84.8 Å². The standard InChI is InChI=1S/C20H18F4N2O3.C19H20ClF3N2O/c21-14-8-9-15(29-20(23)24)17(18(14)22)19(26-28-11-13-6-7-13)25-16(27)10-12-4-2-1-3-5-12;1-5-25(4)11-24-17-8-13(3)18(9-12(17)2)26-14-6-7-16(20)15(10-14)19(21,22)23/h1-5,8-9,13,20H,6-7,10-11H2,(H,25,26,27);6-11H,5H2,1-4H3. The van der Waals surface area contributed by atoms with Crippen molar-refractivity contribution in [1.29, 1.82) is 0 Å². The van der Waals surface area contributed by atoms with Crippen LogP contribution >= 0.6 is 11.6 Å². The van der Waals surface area contributed by atoms with Crippen LogP contribution < -0.4 is 14.8 Å². The zero-order chi connectivity index (χ0) is 40.3. The zero-order valence-electron chi connectivity index (χ0n) is 30.2. The number of ether oxygens (including phenoxy) is 2. The van der Waals surface area contributed by atoms with E-state index in [1.807, 2.05) is 38.8 Å². The van der Waals surface area contributed by atoms with E-state index in [0.717, 1.165) is 48.3 Å². The average Bonchev–Trinajstić information content (AvgIpc) is 3.95. The number of benzene rings is 4. The molecule has 0 saturated heterocycles. The third-order valence-corrected chi connectivity index (χ3v) is 8.32. The van der Waals surface area contributed by atoms with Crippen molar-refractivity contribution in [2.75, 3.05) is 20.2 Å². The van der Waals surface area contributed by atoms with Crippen LogP contribution in [-0.4, -0.2) is 49.8 Å². The molecule has 16 heteroatoms. The molecule has 1 fully saturated rings. The third kappa shape index (κ3) is 12.9. The van der Waals surface area contributed by atoms with Gasteiger partial charge in [0.25, 0.3) is 0 Å². The molecule has 0 radical (unpaired) electrons. The molecule has 4 aromatic rings. The highest BCUT2D eigenvalue weighted by Crippen LogP contribution is 2.39. The van der Waals surface area contributed by atoms with E-state index in [1.165, 1.54) is 12.1 Å². The third-order valence-electron chi connectivity index (χ3n) is 8.00. The fourth-order valence-corrected chi connectivity index (χ4v) is 4.93. The predicted octanol–water partition coefficient (Wildman–Crippen LogP) is 10.4. The van der Waals surface area contributed by atoms with E-state index >= 15 is 0 Å². The van der Waals surface area contributed by atoms with E-state index in [-0.39, 0.29) is 29.7 Å². The Hall–Kier alpha value is -5.31. The molecule has 0 unspecified atom stereocenters. The maximum absolute atomic E-state index is 14.5. The number of oxime groups is 1. The highest BCUT2D eigenvalue weighted by molar-refractivity contribution is 6.31. The van der Waals surface area contributed by atoms with Crippen molar-refractivity contribution in [3.63, 3.8) is 0 Å². The molecule has 0 heterocycles. The van der Waals surface area contributed by atoms with Crippen molar-refractivity contribution in [2.24, 2.45) is 16.1 Å². The second-order valence-corrected chi connectivity index (χ2v) is 12.9. The van der Waals surface area contributed by atoms with Gasteiger partial charge in [-0.1, -0.05) is 47.1 Å². The fourth-order valence-electron chi connectivity index (χ4n) is 4.71. The molecular formula is C39H38ClF7N4O4. The van der Waals surface area contributed by atoms with Crippen molar-refractivity contribution in [3.05, 3.63) is 117 Å². The number of amides is 1. The van der Waals surface area contributed by atoms with Crippen LogP contribution in [-0.2, 0) is 22.2 Å². The first-order valence-corrected chi connectivity index (χ1v) is 17.3. The highest BCUT2D eigenvalue weighted by atomic mass is 35.5. The van der Waals surface area contributed by atoms with Gasteiger partial charge in [0.1, 0.15) is 29.4 Å². The van der Waals surface area contributed by atoms with E-state index in [9.17, 15) is 35.5 Å². The minimum atomic E-state index is -4.54. The van der Waals surface area contributed by atoms with Crippen molar-refractivity contribution < 1.29 is 49.8 Å². The summed E-state index contributed by atoms with van der Waals surface area (Å²) in [7, 11) is 1.92. The molecule has 4 aromatic carbocycles. The summed E-state index contributed by atoms with van der Waals surface area (Å²) < 4.78 is 103. The number of alkyl halides is 5. The van der Waals surface area contributed by atoms with Gasteiger partial charge in [-0.15, -0.1) is 0 Å². The molecule has 1 aliphatic carbocycles. The van der Waals surface area contributed by atoms with Crippen LogP contribution in [0.3, 0.4) is 0 Å². The number of carbonyl (C=O) groups is 1. The van der Waals surface area contributed by atoms with Gasteiger partial charge in [0.2, 0.25) is 5.91 Å². The minimum Gasteiger partial charge on any atom is -0.457 e. The quantitative estimate of drug-likeness (QED) is 0.0631. The smallest absolute Gasteiger partial charge is 0.417 e. The van der Waals surface area contributed by atoms with Crippen molar-refractivity contribution >= 4 is 35.4 Å². The van der Waals surface area contributed by atoms with Gasteiger partial charge in [-0.3, -0.25) is 4.79 Å². The Morgan fingerprint density at radius 2 is 1.71 bits per heavy atom. The number of hydrogen-bond donors (Lipinski definition) is 1. The zero-order valence-corrected chi connectivity index (χ0v) is 31.0. The number of nitrogens with zero attached hydrogens (tertiary/aromatic N) is 3. The summed E-state index contributed by atoms with van der Waals surface area (Å²) in [5.41, 5.74) is 1.40. The van der Waals surface area contributed by atoms with Crippen LogP contribution in [0.5, 0.6) is 17.2 Å². The van der Waals surface area contributed by atoms with Gasteiger partial charge in [-0.2, -0.15) is 22.0 Å². The van der Waals surface area contributed by atoms with Crippen LogP contribution in [0.15, 0.2) is 82.9 Å². The minimum absolute atomic E-state index is 0.0752. The van der Waals surface area contributed by atoms with Crippen LogP contribution in [0.4, 0.5) is 36.4 Å². The lowest BCUT2D eigenvalue weighted by Crippen LogP contribution is -2.34. The van der Waals surface area contributed by atoms with Gasteiger partial charge in [0.15, 0.2) is 17.5 Å². The van der Waals surface area contributed by atoms with Crippen molar-refractivity contribution in [3.8, 4) is 17.2 Å². The normalized spacial score (nSPS) is 13.0. The lowest BCUT2D eigenvalue weighted by Gasteiger charge is -2.15. The lowest BCUT2D eigenvalue weighted by atomic mass is 10.1. The second-order valence-electron chi connectivity index (χ2n) is 12.5. The van der Waals surface area contributed by atoms with E-state index in [4.69, 9.17) is 21.2 Å². The molecule has 0 aromatic heterocycles. The fraction of sp³-hybridized carbons (Fsp3) is 0.308. The summed E-state index contributed by atoms with van der Waals surface area (Å²) in [6.45, 7) is 3.46. The predicted molar refractivity (Wildman–Crippen MR) is 195 cm³/mol. The SMILES string of the molecule is CCN(C)C=Nc1cc(C)c(Oc2ccc(Cl)c(C(F)(F)F)c2)cc1C.O=C(Cc1ccccc1)NC(=NOCC1CC1)c1c(OC(F)F)ccc(F)c1F. The Kier molecular flexibility index (Phi) is 14.9. The summed E-state index contributed by atoms with van der Waals surface area (Å²) >= 11 is 5.64. The van der Waals surface area contributed by atoms with Gasteiger partial charge >= 0.3 is 12.8 Å². The molecular weight excluding hydrogens is 757 g/mol. The van der Waals surface area contributed by atoms with E-state index in [2.05, 4.69) is 20.2 Å². The second kappa shape index (κ2) is 19.3. The first-order chi connectivity index (χ1) is 26.0. The van der Waals surface area contributed by atoms with Crippen LogP contribution in [0.25, 0.3) is 0 Å². The van der Waals surface area contributed by atoms with Crippen LogP contribution in [0.2, 0.25) is 5.02 Å². The molecule has 1 amide bonds. The number of halogens is 8. The highest BCUT2D eigenvalue weighted by Gasteiger charge is 2.34. The molecule has 0 atom stereocenters. The summed E-state index contributed by atoms with van der Waals surface area (Å²) in [6.07, 6.45) is -1.01. The number of hydrogen-bond acceptors (Lipinski definition) is 6. The molecule has 55 heavy (non-hydrogen) atoms. The molecule has 5 rings (SSSR count). The number of amidine groups is 1. The summed E-state index contributed by atoms with van der Waals surface area (Å²) in [6, 6.07) is 17.2. The monoisotopic (exact) mass is 794 g/mol. The van der Waals surface area contributed by atoms with Crippen LogP contribution in [0.1, 0.15) is 47.6 Å². The molecule has 1 N–H and O–H groups in total. The average molecular weight is 795 g/mol. The molecule has 1 aliphatic rings. The van der Waals surface area contributed by atoms with Gasteiger partial charge < -0.3 is 24.5 Å². The van der Waals surface area contributed by atoms with Crippen molar-refractivity contribution in [1.82, 2.24) is 10.2 Å². The lowest BCUT2D eigenvalue weighted by molar-refractivity contribution is -0.137.